The van der Waals surface area contributed by atoms with Gasteiger partial charge in [0, 0.05) is 39.2 Å². The largest absolute Gasteiger partial charge is 0.352 e. The molecular weight excluding hydrogens is 456 g/mol. The number of halogens is 2. The summed E-state index contributed by atoms with van der Waals surface area (Å²) in [6.45, 7) is 2.78. The molecule has 2 N–H and O–H groups in total. The second-order valence-corrected chi connectivity index (χ2v) is 8.16. The van der Waals surface area contributed by atoms with Crippen LogP contribution in [0.4, 0.5) is 0 Å². The maximum Gasteiger partial charge on any atom is 0.262 e. The lowest BCUT2D eigenvalue weighted by Gasteiger charge is -2.12. The van der Waals surface area contributed by atoms with E-state index >= 15 is 0 Å². The van der Waals surface area contributed by atoms with Crippen LogP contribution < -0.4 is 10.9 Å². The molecule has 0 saturated carbocycles. The number of hydrogen-bond donors (Lipinski definition) is 2. The average Bonchev–Trinajstić information content (AvgIpc) is 3.10. The standard InChI is InChI=1S/C21H18BrClN4O2/c1-12-18-19(26-25-12)16-11-14(22)5-8-17(16)27(21(18)29)10-2-9-24-20(28)13-3-6-15(23)7-4-13/h3-8,11H,2,9-10H2,1H3,(H,24,28)(H,25,26). The zero-order chi connectivity index (χ0) is 20.5. The lowest BCUT2D eigenvalue weighted by Crippen LogP contribution is -2.27. The quantitative estimate of drug-likeness (QED) is 0.421. The minimum Gasteiger partial charge on any atom is -0.352 e. The molecule has 29 heavy (non-hydrogen) atoms. The maximum absolute atomic E-state index is 13.1. The van der Waals surface area contributed by atoms with Crippen molar-refractivity contribution in [2.45, 2.75) is 19.9 Å². The van der Waals surface area contributed by atoms with Gasteiger partial charge in [-0.25, -0.2) is 0 Å². The summed E-state index contributed by atoms with van der Waals surface area (Å²) in [5, 5.41) is 12.2. The Bertz CT molecular complexity index is 1280. The molecular formula is C21H18BrClN4O2. The van der Waals surface area contributed by atoms with Crippen LogP contribution in [0.3, 0.4) is 0 Å². The summed E-state index contributed by atoms with van der Waals surface area (Å²) >= 11 is 9.35. The number of pyridine rings is 1. The van der Waals surface area contributed by atoms with E-state index in [1.165, 1.54) is 0 Å². The van der Waals surface area contributed by atoms with Crippen molar-refractivity contribution in [2.75, 3.05) is 6.54 Å². The van der Waals surface area contributed by atoms with E-state index in [2.05, 4.69) is 31.4 Å². The monoisotopic (exact) mass is 472 g/mol. The van der Waals surface area contributed by atoms with Gasteiger partial charge in [-0.2, -0.15) is 5.10 Å². The third-order valence-electron chi connectivity index (χ3n) is 4.86. The van der Waals surface area contributed by atoms with Crippen LogP contribution in [0.25, 0.3) is 21.8 Å². The minimum absolute atomic E-state index is 0.0786. The molecule has 6 nitrogen and oxygen atoms in total. The van der Waals surface area contributed by atoms with Crippen LogP contribution in [0, 0.1) is 6.92 Å². The summed E-state index contributed by atoms with van der Waals surface area (Å²) < 4.78 is 2.67. The smallest absolute Gasteiger partial charge is 0.262 e. The molecule has 2 aromatic heterocycles. The molecule has 0 atom stereocenters. The zero-order valence-electron chi connectivity index (χ0n) is 15.6. The van der Waals surface area contributed by atoms with Crippen molar-refractivity contribution < 1.29 is 4.79 Å². The van der Waals surface area contributed by atoms with Crippen molar-refractivity contribution in [1.82, 2.24) is 20.1 Å². The Morgan fingerprint density at radius 2 is 2.00 bits per heavy atom. The van der Waals surface area contributed by atoms with E-state index < -0.39 is 0 Å². The molecule has 4 aromatic rings. The highest BCUT2D eigenvalue weighted by atomic mass is 79.9. The molecule has 1 amide bonds. The van der Waals surface area contributed by atoms with Gasteiger partial charge in [-0.15, -0.1) is 0 Å². The van der Waals surface area contributed by atoms with Crippen LogP contribution in [0.5, 0.6) is 0 Å². The predicted octanol–water partition coefficient (Wildman–Crippen LogP) is 4.42. The first kappa shape index (κ1) is 19.7. The molecule has 4 rings (SSSR count). The summed E-state index contributed by atoms with van der Waals surface area (Å²) in [7, 11) is 0. The van der Waals surface area contributed by atoms with E-state index in [0.29, 0.717) is 41.0 Å². The Morgan fingerprint density at radius 3 is 2.76 bits per heavy atom. The van der Waals surface area contributed by atoms with Gasteiger partial charge in [0.1, 0.15) is 5.52 Å². The number of carbonyl (C=O) groups excluding carboxylic acids is 1. The highest BCUT2D eigenvalue weighted by Crippen LogP contribution is 2.26. The fourth-order valence-electron chi connectivity index (χ4n) is 3.43. The summed E-state index contributed by atoms with van der Waals surface area (Å²) in [6.07, 6.45) is 0.618. The first-order valence-corrected chi connectivity index (χ1v) is 10.3. The Hall–Kier alpha value is -2.64. The van der Waals surface area contributed by atoms with E-state index in [1.807, 2.05) is 25.1 Å². The lowest BCUT2D eigenvalue weighted by molar-refractivity contribution is 0.0953. The molecule has 0 radical (unpaired) electrons. The van der Waals surface area contributed by atoms with Crippen LogP contribution >= 0.6 is 27.5 Å². The summed E-state index contributed by atoms with van der Waals surface area (Å²) in [6, 6.07) is 12.5. The average molecular weight is 474 g/mol. The van der Waals surface area contributed by atoms with Gasteiger partial charge in [-0.05, 0) is 55.8 Å². The van der Waals surface area contributed by atoms with Crippen LogP contribution in [0.1, 0.15) is 22.5 Å². The zero-order valence-corrected chi connectivity index (χ0v) is 18.0. The topological polar surface area (TPSA) is 79.8 Å². The van der Waals surface area contributed by atoms with E-state index in [0.717, 1.165) is 21.1 Å². The number of H-pyrrole nitrogens is 1. The first-order chi connectivity index (χ1) is 14.0. The van der Waals surface area contributed by atoms with Crippen molar-refractivity contribution in [3.63, 3.8) is 0 Å². The Labute approximate surface area is 180 Å². The van der Waals surface area contributed by atoms with Crippen molar-refractivity contribution in [1.29, 1.82) is 0 Å². The first-order valence-electron chi connectivity index (χ1n) is 9.16. The maximum atomic E-state index is 13.1. The molecule has 0 fully saturated rings. The van der Waals surface area contributed by atoms with Gasteiger partial charge >= 0.3 is 0 Å². The number of nitrogens with one attached hydrogen (secondary N) is 2. The van der Waals surface area contributed by atoms with Gasteiger partial charge in [0.15, 0.2) is 0 Å². The van der Waals surface area contributed by atoms with Crippen LogP contribution in [0.2, 0.25) is 5.02 Å². The van der Waals surface area contributed by atoms with Crippen LogP contribution in [-0.2, 0) is 6.54 Å². The van der Waals surface area contributed by atoms with E-state index in [4.69, 9.17) is 11.6 Å². The molecule has 0 saturated heterocycles. The van der Waals surface area contributed by atoms with E-state index in [-0.39, 0.29) is 11.5 Å². The number of fused-ring (bicyclic) bond motifs is 3. The SMILES string of the molecule is Cc1[nH]nc2c1c(=O)n(CCCNC(=O)c1ccc(Cl)cc1)c1ccc(Br)cc21. The fourth-order valence-corrected chi connectivity index (χ4v) is 3.91. The number of carbonyl (C=O) groups is 1. The van der Waals surface area contributed by atoms with Crippen LogP contribution in [0.15, 0.2) is 51.7 Å². The van der Waals surface area contributed by atoms with Crippen molar-refractivity contribution in [3.8, 4) is 0 Å². The van der Waals surface area contributed by atoms with Gasteiger partial charge in [0.2, 0.25) is 0 Å². The molecule has 0 unspecified atom stereocenters. The molecule has 148 valence electrons. The van der Waals surface area contributed by atoms with Gasteiger partial charge in [-0.3, -0.25) is 14.7 Å². The third-order valence-corrected chi connectivity index (χ3v) is 5.61. The molecule has 2 heterocycles. The van der Waals surface area contributed by atoms with Gasteiger partial charge < -0.3 is 9.88 Å². The van der Waals surface area contributed by atoms with Gasteiger partial charge in [-0.1, -0.05) is 27.5 Å². The Kier molecular flexibility index (Phi) is 5.43. The van der Waals surface area contributed by atoms with E-state index in [9.17, 15) is 9.59 Å². The molecule has 0 aliphatic rings. The Balaban J connectivity index is 1.56. The fraction of sp³-hybridized carbons (Fsp3) is 0.190. The number of aryl methyl sites for hydroxylation is 2. The second-order valence-electron chi connectivity index (χ2n) is 6.81. The number of hydrogen-bond acceptors (Lipinski definition) is 3. The Morgan fingerprint density at radius 1 is 1.24 bits per heavy atom. The normalized spacial score (nSPS) is 11.3. The molecule has 2 aromatic carbocycles. The number of benzene rings is 2. The van der Waals surface area contributed by atoms with E-state index in [1.54, 1.807) is 28.8 Å². The van der Waals surface area contributed by atoms with Gasteiger partial charge in [0.05, 0.1) is 10.9 Å². The number of aromatic amines is 1. The van der Waals surface area contributed by atoms with Crippen molar-refractivity contribution in [2.24, 2.45) is 0 Å². The summed E-state index contributed by atoms with van der Waals surface area (Å²) in [5.41, 5.74) is 2.72. The highest BCUT2D eigenvalue weighted by molar-refractivity contribution is 9.10. The second kappa shape index (κ2) is 8.00. The lowest BCUT2D eigenvalue weighted by atomic mass is 10.1. The predicted molar refractivity (Wildman–Crippen MR) is 119 cm³/mol. The van der Waals surface area contributed by atoms with Crippen molar-refractivity contribution >= 4 is 55.2 Å². The number of nitrogens with zero attached hydrogens (tertiary/aromatic N) is 2. The van der Waals surface area contributed by atoms with Crippen LogP contribution in [-0.4, -0.2) is 27.2 Å². The summed E-state index contributed by atoms with van der Waals surface area (Å²) in [5.74, 6) is -0.163. The molecule has 0 aliphatic heterocycles. The third kappa shape index (κ3) is 3.80. The van der Waals surface area contributed by atoms with Gasteiger partial charge in [0.25, 0.3) is 11.5 Å². The molecule has 0 bridgehead atoms. The molecule has 0 aliphatic carbocycles. The number of aromatic nitrogens is 3. The van der Waals surface area contributed by atoms with Crippen molar-refractivity contribution in [3.05, 3.63) is 73.6 Å². The molecule has 0 spiro atoms. The minimum atomic E-state index is -0.163. The summed E-state index contributed by atoms with van der Waals surface area (Å²) in [4.78, 5) is 25.3. The number of amides is 1. The highest BCUT2D eigenvalue weighted by Gasteiger charge is 2.15. The molecule has 8 heteroatoms. The number of rotatable bonds is 5.